The molecule has 23 heavy (non-hydrogen) atoms. The molecule has 1 aromatic heterocycles. The summed E-state index contributed by atoms with van der Waals surface area (Å²) in [7, 11) is 0. The van der Waals surface area contributed by atoms with Gasteiger partial charge < -0.3 is 10.6 Å². The number of aromatic nitrogens is 2. The summed E-state index contributed by atoms with van der Waals surface area (Å²) in [4.78, 5) is 9.18. The molecule has 0 spiro atoms. The Labute approximate surface area is 136 Å². The lowest BCUT2D eigenvalue weighted by Gasteiger charge is -2.11. The Kier molecular flexibility index (Phi) is 4.52. The van der Waals surface area contributed by atoms with Gasteiger partial charge in [0.2, 0.25) is 5.95 Å². The minimum atomic E-state index is 0.621. The summed E-state index contributed by atoms with van der Waals surface area (Å²) in [6.07, 6.45) is 1.82. The number of anilines is 2. The second-order valence-electron chi connectivity index (χ2n) is 5.42. The molecule has 0 saturated carbocycles. The number of aryl methyl sites for hydroxylation is 1. The molecule has 0 aliphatic carbocycles. The Bertz CT molecular complexity index is 809. The van der Waals surface area contributed by atoms with Gasteiger partial charge in [-0.05, 0) is 24.6 Å². The number of hydrogen-bond donors (Lipinski definition) is 2. The van der Waals surface area contributed by atoms with E-state index in [0.717, 1.165) is 16.7 Å². The zero-order valence-electron chi connectivity index (χ0n) is 13.2. The Hall–Kier alpha value is -2.88. The summed E-state index contributed by atoms with van der Waals surface area (Å²) in [6, 6.07) is 16.4. The maximum Gasteiger partial charge on any atom is 0.225 e. The maximum atomic E-state index is 4.59. The van der Waals surface area contributed by atoms with E-state index in [9.17, 15) is 0 Å². The predicted octanol–water partition coefficient (Wildman–Crippen LogP) is 4.15. The molecule has 3 aromatic rings. The Morgan fingerprint density at radius 2 is 1.78 bits per heavy atom. The highest BCUT2D eigenvalue weighted by molar-refractivity contribution is 5.90. The average molecular weight is 304 g/mol. The summed E-state index contributed by atoms with van der Waals surface area (Å²) >= 11 is 0. The monoisotopic (exact) mass is 304 g/mol. The number of rotatable bonds is 6. The second kappa shape index (κ2) is 6.92. The molecule has 0 unspecified atom stereocenters. The van der Waals surface area contributed by atoms with Crippen molar-refractivity contribution in [1.82, 2.24) is 9.97 Å². The predicted molar refractivity (Wildman–Crippen MR) is 96.7 cm³/mol. The molecule has 0 radical (unpaired) electrons. The van der Waals surface area contributed by atoms with Crippen LogP contribution in [0.25, 0.3) is 10.9 Å². The normalized spacial score (nSPS) is 10.5. The SMILES string of the molecule is C=CCNc1nc(NCc2ccc(C)cc2)nc2ccccc12. The first-order chi connectivity index (χ1) is 11.3. The van der Waals surface area contributed by atoms with Crippen LogP contribution in [0.15, 0.2) is 61.2 Å². The zero-order valence-corrected chi connectivity index (χ0v) is 13.2. The number of fused-ring (bicyclic) bond motifs is 1. The molecular formula is C19H20N4. The molecule has 0 bridgehead atoms. The van der Waals surface area contributed by atoms with Gasteiger partial charge in [-0.25, -0.2) is 4.98 Å². The first-order valence-corrected chi connectivity index (χ1v) is 7.67. The maximum absolute atomic E-state index is 4.59. The largest absolute Gasteiger partial charge is 0.366 e. The number of nitrogens with zero attached hydrogens (tertiary/aromatic N) is 2. The first kappa shape index (κ1) is 15.0. The summed E-state index contributed by atoms with van der Waals surface area (Å²) < 4.78 is 0. The fraction of sp³-hybridized carbons (Fsp3) is 0.158. The highest BCUT2D eigenvalue weighted by atomic mass is 15.1. The van der Waals surface area contributed by atoms with E-state index in [-0.39, 0.29) is 0 Å². The van der Waals surface area contributed by atoms with E-state index in [1.54, 1.807) is 0 Å². The highest BCUT2D eigenvalue weighted by Gasteiger charge is 2.06. The van der Waals surface area contributed by atoms with Crippen molar-refractivity contribution >= 4 is 22.7 Å². The van der Waals surface area contributed by atoms with E-state index < -0.39 is 0 Å². The van der Waals surface area contributed by atoms with E-state index >= 15 is 0 Å². The molecule has 0 aliphatic rings. The van der Waals surface area contributed by atoms with Gasteiger partial charge in [0, 0.05) is 18.5 Å². The summed E-state index contributed by atoms with van der Waals surface area (Å²) in [5, 5.41) is 7.58. The number of benzene rings is 2. The van der Waals surface area contributed by atoms with Gasteiger partial charge in [-0.3, -0.25) is 0 Å². The molecule has 4 heteroatoms. The molecule has 4 nitrogen and oxygen atoms in total. The first-order valence-electron chi connectivity index (χ1n) is 7.67. The van der Waals surface area contributed by atoms with E-state index in [0.29, 0.717) is 19.0 Å². The van der Waals surface area contributed by atoms with E-state index in [1.807, 2.05) is 30.3 Å². The van der Waals surface area contributed by atoms with Crippen molar-refractivity contribution in [3.8, 4) is 0 Å². The molecule has 116 valence electrons. The third-order valence-corrected chi connectivity index (χ3v) is 3.59. The topological polar surface area (TPSA) is 49.8 Å². The van der Waals surface area contributed by atoms with Crippen LogP contribution in [0.2, 0.25) is 0 Å². The molecule has 1 heterocycles. The van der Waals surface area contributed by atoms with E-state index in [4.69, 9.17) is 0 Å². The van der Waals surface area contributed by atoms with Crippen molar-refractivity contribution in [3.63, 3.8) is 0 Å². The van der Waals surface area contributed by atoms with Crippen molar-refractivity contribution in [3.05, 3.63) is 72.3 Å². The van der Waals surface area contributed by atoms with Crippen LogP contribution in [0, 0.1) is 6.92 Å². The number of hydrogen-bond acceptors (Lipinski definition) is 4. The lowest BCUT2D eigenvalue weighted by atomic mass is 10.1. The molecule has 2 N–H and O–H groups in total. The quantitative estimate of drug-likeness (QED) is 0.672. The van der Waals surface area contributed by atoms with Crippen LogP contribution < -0.4 is 10.6 Å². The fourth-order valence-electron chi connectivity index (χ4n) is 2.35. The molecule has 0 aliphatic heterocycles. The van der Waals surface area contributed by atoms with Crippen LogP contribution in [-0.2, 0) is 6.54 Å². The molecule has 0 amide bonds. The van der Waals surface area contributed by atoms with Crippen LogP contribution >= 0.6 is 0 Å². The van der Waals surface area contributed by atoms with Crippen LogP contribution in [0.5, 0.6) is 0 Å². The molecule has 2 aromatic carbocycles. The molecule has 0 saturated heterocycles. The Morgan fingerprint density at radius 3 is 2.57 bits per heavy atom. The van der Waals surface area contributed by atoms with E-state index in [2.05, 4.69) is 58.4 Å². The van der Waals surface area contributed by atoms with Gasteiger partial charge in [0.25, 0.3) is 0 Å². The van der Waals surface area contributed by atoms with Crippen molar-refractivity contribution in [2.45, 2.75) is 13.5 Å². The minimum absolute atomic E-state index is 0.621. The Balaban J connectivity index is 1.85. The molecule has 3 rings (SSSR count). The van der Waals surface area contributed by atoms with Gasteiger partial charge in [-0.2, -0.15) is 4.98 Å². The van der Waals surface area contributed by atoms with Crippen molar-refractivity contribution in [2.24, 2.45) is 0 Å². The van der Waals surface area contributed by atoms with Crippen molar-refractivity contribution in [1.29, 1.82) is 0 Å². The van der Waals surface area contributed by atoms with Gasteiger partial charge >= 0.3 is 0 Å². The lowest BCUT2D eigenvalue weighted by molar-refractivity contribution is 1.07. The number of nitrogens with one attached hydrogen (secondary N) is 2. The van der Waals surface area contributed by atoms with Gasteiger partial charge in [0.05, 0.1) is 5.52 Å². The van der Waals surface area contributed by atoms with Crippen LogP contribution in [0.4, 0.5) is 11.8 Å². The summed E-state index contributed by atoms with van der Waals surface area (Å²) in [5.74, 6) is 1.44. The van der Waals surface area contributed by atoms with Crippen LogP contribution in [0.1, 0.15) is 11.1 Å². The average Bonchev–Trinajstić information content (AvgIpc) is 2.59. The molecular weight excluding hydrogens is 284 g/mol. The second-order valence-corrected chi connectivity index (χ2v) is 5.42. The van der Waals surface area contributed by atoms with Gasteiger partial charge in [-0.15, -0.1) is 6.58 Å². The van der Waals surface area contributed by atoms with Gasteiger partial charge in [0.15, 0.2) is 0 Å². The van der Waals surface area contributed by atoms with Gasteiger partial charge in [-0.1, -0.05) is 48.0 Å². The van der Waals surface area contributed by atoms with Gasteiger partial charge in [0.1, 0.15) is 5.82 Å². The highest BCUT2D eigenvalue weighted by Crippen LogP contribution is 2.21. The standard InChI is InChI=1S/C19H20N4/c1-3-12-20-18-16-6-4-5-7-17(16)22-19(23-18)21-13-15-10-8-14(2)9-11-15/h3-11H,1,12-13H2,2H3,(H2,20,21,22,23). The van der Waals surface area contributed by atoms with E-state index in [1.165, 1.54) is 11.1 Å². The zero-order chi connectivity index (χ0) is 16.1. The Morgan fingerprint density at radius 1 is 1.00 bits per heavy atom. The summed E-state index contributed by atoms with van der Waals surface area (Å²) in [6.45, 7) is 7.18. The smallest absolute Gasteiger partial charge is 0.225 e. The number of para-hydroxylation sites is 1. The minimum Gasteiger partial charge on any atom is -0.366 e. The third kappa shape index (κ3) is 3.66. The lowest BCUT2D eigenvalue weighted by Crippen LogP contribution is -2.08. The van der Waals surface area contributed by atoms with Crippen molar-refractivity contribution in [2.75, 3.05) is 17.2 Å². The third-order valence-electron chi connectivity index (χ3n) is 3.59. The van der Waals surface area contributed by atoms with Crippen LogP contribution in [-0.4, -0.2) is 16.5 Å². The van der Waals surface area contributed by atoms with Crippen molar-refractivity contribution < 1.29 is 0 Å². The van der Waals surface area contributed by atoms with Crippen LogP contribution in [0.3, 0.4) is 0 Å². The molecule has 0 fully saturated rings. The summed E-state index contributed by atoms with van der Waals surface area (Å²) in [5.41, 5.74) is 3.38. The fourth-order valence-corrected chi connectivity index (χ4v) is 2.35. The molecule has 0 atom stereocenters.